The number of aliphatic hydroxyl groups excluding tert-OH is 1. The molecule has 1 unspecified atom stereocenters. The summed E-state index contributed by atoms with van der Waals surface area (Å²) < 4.78 is 54.0. The highest BCUT2D eigenvalue weighted by Gasteiger charge is 2.86. The van der Waals surface area contributed by atoms with E-state index in [2.05, 4.69) is 10.3 Å². The molecule has 18 nitrogen and oxygen atoms in total. The Morgan fingerprint density at radius 2 is 1.68 bits per heavy atom. The summed E-state index contributed by atoms with van der Waals surface area (Å²) in [7, 11) is 2.57. The summed E-state index contributed by atoms with van der Waals surface area (Å²) in [6.07, 6.45) is -10.2. The highest BCUT2D eigenvalue weighted by molar-refractivity contribution is 5.89. The first-order valence-corrected chi connectivity index (χ1v) is 20.4. The number of aliphatic hydroxyl groups is 2. The van der Waals surface area contributed by atoms with Crippen molar-refractivity contribution in [3.63, 3.8) is 0 Å². The van der Waals surface area contributed by atoms with Crippen molar-refractivity contribution in [1.82, 2.24) is 10.3 Å². The van der Waals surface area contributed by atoms with Crippen LogP contribution in [0.25, 0.3) is 0 Å². The molecule has 3 aliphatic carbocycles. The number of nitrogens with zero attached hydrogens (tertiary/aromatic N) is 1. The lowest BCUT2D eigenvalue weighted by atomic mass is 9.49. The number of pyridine rings is 1. The molecule has 3 N–H and O–H groups in total. The van der Waals surface area contributed by atoms with Gasteiger partial charge < -0.3 is 58.2 Å². The minimum atomic E-state index is -2.25. The van der Waals surface area contributed by atoms with E-state index < -0.39 is 119 Å². The van der Waals surface area contributed by atoms with E-state index in [1.165, 1.54) is 38.4 Å². The van der Waals surface area contributed by atoms with Crippen molar-refractivity contribution < 1.29 is 76.8 Å². The van der Waals surface area contributed by atoms with Crippen molar-refractivity contribution >= 4 is 30.2 Å². The number of methoxy groups -OCH3 is 2. The number of carbonyl (C=O) groups excluding carboxylic acids is 5. The van der Waals surface area contributed by atoms with Crippen molar-refractivity contribution in [3.8, 4) is 0 Å². The average Bonchev–Trinajstić information content (AvgIpc) is 3.94. The first-order chi connectivity index (χ1) is 29.1. The summed E-state index contributed by atoms with van der Waals surface area (Å²) in [5.74, 6) is -4.07. The second kappa shape index (κ2) is 16.2. The number of nitrogens with one attached hydrogen (secondary N) is 1. The van der Waals surface area contributed by atoms with Gasteiger partial charge in [0.05, 0.1) is 30.9 Å². The van der Waals surface area contributed by atoms with Crippen LogP contribution in [0.15, 0.2) is 65.9 Å². The number of amides is 1. The SMILES string of the molecule is COC(=O)O[C@H]1C[C@H]2OC[C@@]2(OC(C)=O)[C@H]2[C@H](OC(=O)c3ccccc3)[C@]3(O)C[C@H](OC(=O)[C@H](O)[C@@H](NC(=O)OC(C)(C)C)c4ccccn4)C(C)=C([C@@H](OC)C4O[C@@]412)C3(C)C. The Morgan fingerprint density at radius 3 is 2.26 bits per heavy atom. The number of aromatic nitrogens is 1. The molecule has 2 saturated carbocycles. The van der Waals surface area contributed by atoms with Gasteiger partial charge in [-0.25, -0.2) is 19.2 Å². The van der Waals surface area contributed by atoms with Crippen LogP contribution < -0.4 is 5.32 Å². The Bertz CT molecular complexity index is 2110. The van der Waals surface area contributed by atoms with Gasteiger partial charge in [0.15, 0.2) is 11.7 Å². The number of hydrogen-bond donors (Lipinski definition) is 3. The quantitative estimate of drug-likeness (QED) is 0.134. The largest absolute Gasteiger partial charge is 0.508 e. The second-order valence-corrected chi connectivity index (χ2v) is 18.0. The van der Waals surface area contributed by atoms with E-state index in [1.54, 1.807) is 71.9 Å². The molecule has 2 bridgehead atoms. The van der Waals surface area contributed by atoms with Gasteiger partial charge in [-0.05, 0) is 63.1 Å². The van der Waals surface area contributed by atoms with Crippen LogP contribution in [0.4, 0.5) is 9.59 Å². The standard InChI is InChI=1S/C44H54N2O16/c1-22-26(57-37(50)31(48)30(25-17-13-14-18-45-25)46-38(51)62-40(3,4)5)20-43(53)35(59-36(49)24-15-11-10-12-16-24)33-42(60-23(2)47)21-56-27(42)19-28(58-39(52)55-9)44(33)34(61-44)32(54-8)29(22)41(43,6)7/h10-18,26-28,30-35,48,53H,19-21H2,1-9H3,(H,46,51)/t26-,27+,28-,30-,31+,32+,33+,34?,35-,42-,43+,44-/m0/s1. The zero-order chi connectivity index (χ0) is 45.2. The number of rotatable bonds is 10. The van der Waals surface area contributed by atoms with E-state index in [1.807, 2.05) is 0 Å². The summed E-state index contributed by atoms with van der Waals surface area (Å²) in [5, 5.41) is 28.0. The average molecular weight is 867 g/mol. The molecular weight excluding hydrogens is 812 g/mol. The molecule has 7 rings (SSSR count). The minimum Gasteiger partial charge on any atom is -0.456 e. The van der Waals surface area contributed by atoms with Gasteiger partial charge >= 0.3 is 30.2 Å². The number of carbonyl (C=O) groups is 5. The second-order valence-electron chi connectivity index (χ2n) is 18.0. The van der Waals surface area contributed by atoms with Gasteiger partial charge in [0.25, 0.3) is 0 Å². The predicted octanol–water partition coefficient (Wildman–Crippen LogP) is 3.66. The van der Waals surface area contributed by atoms with E-state index in [4.69, 9.17) is 42.6 Å². The number of epoxide rings is 1. The van der Waals surface area contributed by atoms with Crippen LogP contribution in [0.1, 0.15) is 83.4 Å². The number of ether oxygens (including phenoxy) is 9. The van der Waals surface area contributed by atoms with Crippen LogP contribution in [0.3, 0.4) is 0 Å². The lowest BCUT2D eigenvalue weighted by Gasteiger charge is -2.64. The first-order valence-electron chi connectivity index (χ1n) is 20.4. The molecule has 1 aromatic heterocycles. The highest BCUT2D eigenvalue weighted by atomic mass is 16.7. The fraction of sp³-hybridized carbons (Fsp3) is 0.591. The molecule has 62 heavy (non-hydrogen) atoms. The maximum atomic E-state index is 14.3. The smallest absolute Gasteiger partial charge is 0.456 e. The molecule has 1 aromatic carbocycles. The lowest BCUT2D eigenvalue weighted by Crippen LogP contribution is -2.81. The maximum absolute atomic E-state index is 14.3. The summed E-state index contributed by atoms with van der Waals surface area (Å²) in [6.45, 7) is 11.1. The molecule has 2 aromatic rings. The summed E-state index contributed by atoms with van der Waals surface area (Å²) in [6, 6.07) is 11.3. The molecule has 3 heterocycles. The van der Waals surface area contributed by atoms with Gasteiger partial charge in [-0.1, -0.05) is 38.1 Å². The zero-order valence-corrected chi connectivity index (χ0v) is 36.1. The molecule has 12 atom stereocenters. The molecular formula is C44H54N2O16. The molecule has 18 heteroatoms. The topological polar surface area (TPSA) is 237 Å². The van der Waals surface area contributed by atoms with E-state index in [0.717, 1.165) is 7.11 Å². The lowest BCUT2D eigenvalue weighted by molar-refractivity contribution is -0.336. The molecule has 1 amide bonds. The van der Waals surface area contributed by atoms with Crippen LogP contribution in [0.5, 0.6) is 0 Å². The van der Waals surface area contributed by atoms with Crippen molar-refractivity contribution in [2.75, 3.05) is 20.8 Å². The van der Waals surface area contributed by atoms with Gasteiger partial charge in [-0.3, -0.25) is 9.78 Å². The van der Waals surface area contributed by atoms with Gasteiger partial charge in [0.2, 0.25) is 0 Å². The molecule has 2 aliphatic heterocycles. The van der Waals surface area contributed by atoms with E-state index in [0.29, 0.717) is 11.1 Å². The molecule has 4 fully saturated rings. The third kappa shape index (κ3) is 7.48. The Labute approximate surface area is 358 Å². The Kier molecular flexibility index (Phi) is 11.7. The van der Waals surface area contributed by atoms with Gasteiger partial charge in [-0.2, -0.15) is 0 Å². The predicted molar refractivity (Wildman–Crippen MR) is 212 cm³/mol. The fourth-order valence-corrected chi connectivity index (χ4v) is 10.1. The van der Waals surface area contributed by atoms with Crippen LogP contribution in [0, 0.1) is 11.3 Å². The summed E-state index contributed by atoms with van der Waals surface area (Å²) in [4.78, 5) is 71.8. The van der Waals surface area contributed by atoms with Crippen LogP contribution in [0.2, 0.25) is 0 Å². The fourth-order valence-electron chi connectivity index (χ4n) is 10.1. The monoisotopic (exact) mass is 866 g/mol. The van der Waals surface area contributed by atoms with Crippen molar-refractivity contribution in [2.24, 2.45) is 11.3 Å². The maximum Gasteiger partial charge on any atom is 0.508 e. The van der Waals surface area contributed by atoms with Crippen molar-refractivity contribution in [1.29, 1.82) is 0 Å². The Morgan fingerprint density at radius 1 is 0.984 bits per heavy atom. The molecule has 5 aliphatic rings. The van der Waals surface area contributed by atoms with Gasteiger partial charge in [-0.15, -0.1) is 0 Å². The van der Waals surface area contributed by atoms with Crippen LogP contribution in [-0.2, 0) is 52.2 Å². The summed E-state index contributed by atoms with van der Waals surface area (Å²) >= 11 is 0. The third-order valence-corrected chi connectivity index (χ3v) is 12.9. The van der Waals surface area contributed by atoms with Crippen LogP contribution in [-0.4, -0.2) is 131 Å². The number of benzene rings is 1. The van der Waals surface area contributed by atoms with E-state index in [-0.39, 0.29) is 24.3 Å². The number of alkyl carbamates (subject to hydrolysis) is 1. The van der Waals surface area contributed by atoms with Crippen molar-refractivity contribution in [3.05, 3.63) is 77.1 Å². The number of fused-ring (bicyclic) bond motifs is 4. The third-order valence-electron chi connectivity index (χ3n) is 12.9. The Hall–Kier alpha value is -5.14. The number of esters is 3. The molecule has 336 valence electrons. The van der Waals surface area contributed by atoms with Gasteiger partial charge in [0.1, 0.15) is 59.5 Å². The molecule has 1 spiro atoms. The normalized spacial score (nSPS) is 33.8. The highest BCUT2D eigenvalue weighted by Crippen LogP contribution is 2.69. The molecule has 2 saturated heterocycles. The zero-order valence-electron chi connectivity index (χ0n) is 36.1. The minimum absolute atomic E-state index is 0.0298. The van der Waals surface area contributed by atoms with Crippen LogP contribution >= 0.6 is 0 Å². The van der Waals surface area contributed by atoms with E-state index >= 15 is 0 Å². The number of hydrogen-bond acceptors (Lipinski definition) is 17. The van der Waals surface area contributed by atoms with Gasteiger partial charge in [0, 0.05) is 38.5 Å². The molecule has 0 radical (unpaired) electrons. The van der Waals surface area contributed by atoms with Crippen molar-refractivity contribution in [2.45, 2.75) is 132 Å². The van der Waals surface area contributed by atoms with E-state index in [9.17, 15) is 34.2 Å². The summed E-state index contributed by atoms with van der Waals surface area (Å²) in [5.41, 5.74) is -6.74. The first kappa shape index (κ1) is 44.9. The Balaban J connectivity index is 1.37.